The summed E-state index contributed by atoms with van der Waals surface area (Å²) < 4.78 is 53.4. The Labute approximate surface area is 231 Å². The number of halogens is 3. The maximum absolute atomic E-state index is 14.1. The van der Waals surface area contributed by atoms with Crippen LogP contribution in [0.15, 0.2) is 30.3 Å². The number of thiophene rings is 1. The van der Waals surface area contributed by atoms with Gasteiger partial charge in [-0.25, -0.2) is 9.50 Å². The summed E-state index contributed by atoms with van der Waals surface area (Å²) in [7, 11) is 0. The molecule has 1 aromatic carbocycles. The van der Waals surface area contributed by atoms with E-state index in [4.69, 9.17) is 9.47 Å². The van der Waals surface area contributed by atoms with Crippen LogP contribution in [0.2, 0.25) is 0 Å². The molecule has 1 aliphatic carbocycles. The lowest BCUT2D eigenvalue weighted by Crippen LogP contribution is -2.26. The topological polar surface area (TPSA) is 102 Å². The number of hydrogen-bond donors (Lipinski definition) is 1. The van der Waals surface area contributed by atoms with Crippen LogP contribution in [0.3, 0.4) is 0 Å². The Bertz CT molecular complexity index is 1710. The van der Waals surface area contributed by atoms with Gasteiger partial charge < -0.3 is 14.8 Å². The van der Waals surface area contributed by atoms with E-state index in [-0.39, 0.29) is 29.2 Å². The van der Waals surface area contributed by atoms with Crippen LogP contribution in [0.5, 0.6) is 11.5 Å². The van der Waals surface area contributed by atoms with E-state index in [1.54, 1.807) is 18.2 Å². The maximum atomic E-state index is 14.1. The molecule has 0 spiro atoms. The van der Waals surface area contributed by atoms with Crippen molar-refractivity contribution in [3.05, 3.63) is 57.7 Å². The first kappa shape index (κ1) is 26.1. The molecule has 3 aromatic heterocycles. The maximum Gasteiger partial charge on any atom is 0.433 e. The van der Waals surface area contributed by atoms with Crippen LogP contribution in [0.1, 0.15) is 59.4 Å². The van der Waals surface area contributed by atoms with Gasteiger partial charge >= 0.3 is 6.18 Å². The average Bonchev–Trinajstić information content (AvgIpc) is 3.61. The highest BCUT2D eigenvalue weighted by Gasteiger charge is 2.36. The molecular formula is C28H24F3N5O3S. The van der Waals surface area contributed by atoms with Gasteiger partial charge in [0.25, 0.3) is 5.91 Å². The summed E-state index contributed by atoms with van der Waals surface area (Å²) in [6.45, 7) is 6.59. The van der Waals surface area contributed by atoms with E-state index in [9.17, 15) is 23.2 Å². The standard InChI is InChI=1S/C28H24F3N5O3S/c1-27(2,3)15-5-6-16-17(12-32)26(40-22(16)9-15)34-25(37)19-11-24-33-18(10-23(28(29,30)31)36(24)35-19)14-4-7-20-21(8-14)39-13-38-20/h4,7-8,10-11,15H,5-6,9,13H2,1-3H3,(H,34,37)/t15-/m1/s1. The summed E-state index contributed by atoms with van der Waals surface area (Å²) in [5.41, 5.74) is 0.405. The van der Waals surface area contributed by atoms with Crippen molar-refractivity contribution in [2.45, 2.75) is 46.2 Å². The number of nitrogens with zero attached hydrogens (tertiary/aromatic N) is 4. The van der Waals surface area contributed by atoms with Gasteiger partial charge in [0, 0.05) is 16.5 Å². The molecule has 206 valence electrons. The summed E-state index contributed by atoms with van der Waals surface area (Å²) in [6.07, 6.45) is -2.28. The van der Waals surface area contributed by atoms with Gasteiger partial charge in [0.05, 0.1) is 11.3 Å². The van der Waals surface area contributed by atoms with E-state index in [1.807, 2.05) is 0 Å². The number of anilines is 1. The molecule has 8 nitrogen and oxygen atoms in total. The van der Waals surface area contributed by atoms with Crippen molar-refractivity contribution in [1.82, 2.24) is 14.6 Å². The lowest BCUT2D eigenvalue weighted by atomic mass is 9.72. The van der Waals surface area contributed by atoms with E-state index in [2.05, 4.69) is 42.2 Å². The molecule has 1 aliphatic heterocycles. The number of rotatable bonds is 3. The lowest BCUT2D eigenvalue weighted by molar-refractivity contribution is -0.142. The van der Waals surface area contributed by atoms with Crippen LogP contribution < -0.4 is 14.8 Å². The molecule has 1 amide bonds. The summed E-state index contributed by atoms with van der Waals surface area (Å²) in [4.78, 5) is 18.6. The van der Waals surface area contributed by atoms with Gasteiger partial charge in [0.1, 0.15) is 11.1 Å². The number of nitrogens with one attached hydrogen (secondary N) is 1. The minimum Gasteiger partial charge on any atom is -0.454 e. The first-order valence-electron chi connectivity index (χ1n) is 12.7. The zero-order valence-electron chi connectivity index (χ0n) is 21.8. The average molecular weight is 568 g/mol. The van der Waals surface area contributed by atoms with E-state index < -0.39 is 17.8 Å². The summed E-state index contributed by atoms with van der Waals surface area (Å²) in [5, 5.41) is 16.9. The molecule has 1 atom stereocenters. The van der Waals surface area contributed by atoms with E-state index in [0.717, 1.165) is 35.8 Å². The number of alkyl halides is 3. The Morgan fingerprint density at radius 3 is 2.67 bits per heavy atom. The van der Waals surface area contributed by atoms with Crippen molar-refractivity contribution < 1.29 is 27.4 Å². The van der Waals surface area contributed by atoms with Crippen molar-refractivity contribution in [3.8, 4) is 28.8 Å². The van der Waals surface area contributed by atoms with E-state index in [0.29, 0.717) is 38.1 Å². The van der Waals surface area contributed by atoms with Crippen LogP contribution in [0.4, 0.5) is 18.2 Å². The zero-order valence-corrected chi connectivity index (χ0v) is 22.7. The SMILES string of the molecule is CC(C)(C)[C@@H]1CCc2c(sc(NC(=O)c3cc4nc(-c5ccc6c(c5)OCO6)cc(C(F)(F)F)n4n3)c2C#N)C1. The lowest BCUT2D eigenvalue weighted by Gasteiger charge is -2.33. The zero-order chi connectivity index (χ0) is 28.4. The highest BCUT2D eigenvalue weighted by atomic mass is 32.1. The van der Waals surface area contributed by atoms with Crippen LogP contribution in [0.25, 0.3) is 16.9 Å². The molecule has 4 aromatic rings. The Balaban J connectivity index is 1.35. The third-order valence-corrected chi connectivity index (χ3v) is 8.62. The smallest absolute Gasteiger partial charge is 0.433 e. The Kier molecular flexibility index (Phi) is 6.03. The number of carbonyl (C=O) groups excluding carboxylic acids is 1. The van der Waals surface area contributed by atoms with Gasteiger partial charge in [-0.15, -0.1) is 11.3 Å². The van der Waals surface area contributed by atoms with Crippen molar-refractivity contribution >= 4 is 27.9 Å². The summed E-state index contributed by atoms with van der Waals surface area (Å²) in [6, 6.07) is 9.03. The van der Waals surface area contributed by atoms with Gasteiger partial charge in [0.15, 0.2) is 28.5 Å². The molecule has 2 aliphatic rings. The number of benzene rings is 1. The van der Waals surface area contributed by atoms with E-state index in [1.165, 1.54) is 17.4 Å². The van der Waals surface area contributed by atoms with Gasteiger partial charge in [0.2, 0.25) is 6.79 Å². The number of fused-ring (bicyclic) bond motifs is 3. The predicted molar refractivity (Wildman–Crippen MR) is 142 cm³/mol. The second-order valence-corrected chi connectivity index (χ2v) is 12.1. The van der Waals surface area contributed by atoms with Gasteiger partial charge in [-0.2, -0.15) is 23.5 Å². The normalized spacial score (nSPS) is 16.6. The van der Waals surface area contributed by atoms with Crippen LogP contribution in [-0.2, 0) is 19.0 Å². The quantitative estimate of drug-likeness (QED) is 0.304. The number of amides is 1. The third kappa shape index (κ3) is 4.54. The molecule has 40 heavy (non-hydrogen) atoms. The van der Waals surface area contributed by atoms with Crippen LogP contribution >= 0.6 is 11.3 Å². The fourth-order valence-electron chi connectivity index (χ4n) is 5.19. The molecule has 0 radical (unpaired) electrons. The molecule has 1 N–H and O–H groups in total. The number of ether oxygens (including phenoxy) is 2. The highest BCUT2D eigenvalue weighted by Crippen LogP contribution is 2.44. The van der Waals surface area contributed by atoms with Crippen molar-refractivity contribution in [1.29, 1.82) is 5.26 Å². The van der Waals surface area contributed by atoms with Crippen LogP contribution in [0, 0.1) is 22.7 Å². The number of aromatic nitrogens is 3. The molecule has 6 rings (SSSR count). The number of carbonyl (C=O) groups is 1. The fraction of sp³-hybridized carbons (Fsp3) is 0.357. The van der Waals surface area contributed by atoms with Crippen molar-refractivity contribution in [2.75, 3.05) is 12.1 Å². The van der Waals surface area contributed by atoms with Gasteiger partial charge in [-0.3, -0.25) is 4.79 Å². The highest BCUT2D eigenvalue weighted by molar-refractivity contribution is 7.16. The Hall–Kier alpha value is -4.11. The first-order chi connectivity index (χ1) is 18.9. The first-order valence-corrected chi connectivity index (χ1v) is 13.5. The minimum atomic E-state index is -4.77. The summed E-state index contributed by atoms with van der Waals surface area (Å²) in [5.74, 6) is 0.621. The van der Waals surface area contributed by atoms with E-state index >= 15 is 0 Å². The molecular weight excluding hydrogens is 543 g/mol. The Morgan fingerprint density at radius 1 is 1.18 bits per heavy atom. The second kappa shape index (κ2) is 9.23. The molecule has 0 saturated heterocycles. The minimum absolute atomic E-state index is 0.0259. The molecule has 0 unspecified atom stereocenters. The molecule has 0 fully saturated rings. The van der Waals surface area contributed by atoms with Crippen molar-refractivity contribution in [3.63, 3.8) is 0 Å². The monoisotopic (exact) mass is 567 g/mol. The van der Waals surface area contributed by atoms with Crippen LogP contribution in [-0.4, -0.2) is 27.3 Å². The number of nitriles is 1. The second-order valence-electron chi connectivity index (χ2n) is 11.0. The Morgan fingerprint density at radius 2 is 1.95 bits per heavy atom. The molecule has 12 heteroatoms. The molecule has 4 heterocycles. The fourth-order valence-corrected chi connectivity index (χ4v) is 6.46. The van der Waals surface area contributed by atoms with Crippen molar-refractivity contribution in [2.24, 2.45) is 11.3 Å². The number of hydrogen-bond acceptors (Lipinski definition) is 7. The molecule has 0 bridgehead atoms. The summed E-state index contributed by atoms with van der Waals surface area (Å²) >= 11 is 1.35. The van der Waals surface area contributed by atoms with Gasteiger partial charge in [-0.1, -0.05) is 20.8 Å². The predicted octanol–water partition coefficient (Wildman–Crippen LogP) is 6.48. The van der Waals surface area contributed by atoms with Gasteiger partial charge in [-0.05, 0) is 60.4 Å². The largest absolute Gasteiger partial charge is 0.454 e. The molecule has 0 saturated carbocycles. The third-order valence-electron chi connectivity index (χ3n) is 7.45.